The minimum atomic E-state index is -2.86. The third-order valence-corrected chi connectivity index (χ3v) is 7.08. The van der Waals surface area contributed by atoms with E-state index in [1.165, 1.54) is 0 Å². The summed E-state index contributed by atoms with van der Waals surface area (Å²) in [5.74, 6) is 0.134. The zero-order valence-electron chi connectivity index (χ0n) is 7.99. The number of nitrogens with zero attached hydrogens (tertiary/aromatic N) is 1. The minimum Gasteiger partial charge on any atom is -0.313 e. The van der Waals surface area contributed by atoms with Crippen molar-refractivity contribution in [2.75, 3.05) is 4.43 Å². The molecule has 2 unspecified atom stereocenters. The fraction of sp³-hybridized carbons (Fsp3) is 0.875. The molecule has 2 atom stereocenters. The van der Waals surface area contributed by atoms with Crippen LogP contribution in [0.5, 0.6) is 0 Å². The van der Waals surface area contributed by atoms with Crippen LogP contribution in [0.2, 0.25) is 18.1 Å². The second kappa shape index (κ2) is 4.05. The molecule has 0 bridgehead atoms. The van der Waals surface area contributed by atoms with Gasteiger partial charge in [-0.15, -0.1) is 0 Å². The third kappa shape index (κ3) is 2.19. The van der Waals surface area contributed by atoms with Gasteiger partial charge in [0.25, 0.3) is 8.41 Å². The Hall–Kier alpha value is 0.367. The van der Waals surface area contributed by atoms with Gasteiger partial charge in [0.2, 0.25) is 0 Å². The van der Waals surface area contributed by atoms with Gasteiger partial charge in [0.05, 0.1) is 11.1 Å². The molecule has 70 valence electrons. The van der Waals surface area contributed by atoms with Crippen molar-refractivity contribution in [2.24, 2.45) is 5.92 Å². The molecule has 0 aliphatic carbocycles. The van der Waals surface area contributed by atoms with E-state index in [-0.39, 0.29) is 5.92 Å². The van der Waals surface area contributed by atoms with Gasteiger partial charge >= 0.3 is 0 Å². The van der Waals surface area contributed by atoms with Gasteiger partial charge in [0, 0.05) is 4.43 Å². The molecule has 0 amide bonds. The Bertz CT molecular complexity index is 196. The summed E-state index contributed by atoms with van der Waals surface area (Å²) in [6, 6.07) is 2.15. The highest BCUT2D eigenvalue weighted by Gasteiger charge is 2.48. The summed E-state index contributed by atoms with van der Waals surface area (Å²) in [5, 5.41) is 8.22. The lowest BCUT2D eigenvalue weighted by Crippen LogP contribution is -2.40. The predicted octanol–water partition coefficient (Wildman–Crippen LogP) is 3.52. The number of hydrogen-bond donors (Lipinski definition) is 0. The number of alkyl halides is 1. The van der Waals surface area contributed by atoms with Crippen LogP contribution in [-0.4, -0.2) is 12.8 Å². The second-order valence-corrected chi connectivity index (χ2v) is 8.71. The van der Waals surface area contributed by atoms with Crippen LogP contribution in [0, 0.1) is 17.2 Å². The van der Waals surface area contributed by atoms with Crippen LogP contribution >= 0.6 is 22.6 Å². The minimum absolute atomic E-state index is 0.134. The summed E-state index contributed by atoms with van der Waals surface area (Å²) in [6.45, 7) is 6.92. The molecule has 0 N–H and O–H groups in total. The smallest absolute Gasteiger partial charge is 0.260 e. The molecule has 0 radical (unpaired) electrons. The monoisotopic (exact) mass is 299 g/mol. The molecule has 0 rings (SSSR count). The Balaban J connectivity index is 4.84. The van der Waals surface area contributed by atoms with Crippen molar-refractivity contribution in [1.82, 2.24) is 0 Å². The molecule has 0 saturated heterocycles. The summed E-state index contributed by atoms with van der Waals surface area (Å²) < 4.78 is 14.6. The first-order valence-corrected chi connectivity index (χ1v) is 8.36. The maximum absolute atomic E-state index is 13.8. The molecule has 12 heavy (non-hydrogen) atoms. The van der Waals surface area contributed by atoms with Crippen molar-refractivity contribution in [1.29, 1.82) is 5.26 Å². The average molecular weight is 299 g/mol. The van der Waals surface area contributed by atoms with Crippen molar-refractivity contribution in [3.8, 4) is 6.07 Å². The van der Waals surface area contributed by atoms with Gasteiger partial charge < -0.3 is 4.11 Å². The van der Waals surface area contributed by atoms with Gasteiger partial charge in [-0.3, -0.25) is 0 Å². The van der Waals surface area contributed by atoms with Gasteiger partial charge in [-0.05, 0) is 25.9 Å². The fourth-order valence-electron chi connectivity index (χ4n) is 0.983. The van der Waals surface area contributed by atoms with Gasteiger partial charge in [-0.1, -0.05) is 29.5 Å². The van der Waals surface area contributed by atoms with Gasteiger partial charge in [-0.25, -0.2) is 0 Å². The van der Waals surface area contributed by atoms with Gasteiger partial charge in [0.1, 0.15) is 0 Å². The highest BCUT2D eigenvalue weighted by Crippen LogP contribution is 2.45. The second-order valence-electron chi connectivity index (χ2n) is 3.84. The van der Waals surface area contributed by atoms with E-state index in [1.54, 1.807) is 20.0 Å². The lowest BCUT2D eigenvalue weighted by Gasteiger charge is -2.34. The Morgan fingerprint density at radius 3 is 2.17 bits per heavy atom. The topological polar surface area (TPSA) is 23.8 Å². The Kier molecular flexibility index (Phi) is 4.17. The normalized spacial score (nSPS) is 19.4. The SMILES string of the molecule is CC(CI)C(C)(C#N)[Si](C)(C)F. The summed E-state index contributed by atoms with van der Waals surface area (Å²) >= 11 is 2.21. The lowest BCUT2D eigenvalue weighted by molar-refractivity contribution is 0.494. The van der Waals surface area contributed by atoms with E-state index in [4.69, 9.17) is 5.26 Å². The maximum Gasteiger partial charge on any atom is 0.260 e. The van der Waals surface area contributed by atoms with Gasteiger partial charge in [0.15, 0.2) is 0 Å². The van der Waals surface area contributed by atoms with Crippen LogP contribution in [-0.2, 0) is 0 Å². The van der Waals surface area contributed by atoms with E-state index in [9.17, 15) is 4.11 Å². The molecular formula is C8H15FINSi. The van der Waals surface area contributed by atoms with E-state index in [1.807, 2.05) is 6.92 Å². The first kappa shape index (κ1) is 12.4. The molecule has 0 aromatic carbocycles. The van der Waals surface area contributed by atoms with Crippen LogP contribution in [0.15, 0.2) is 0 Å². The van der Waals surface area contributed by atoms with Crippen molar-refractivity contribution in [3.63, 3.8) is 0 Å². The number of hydrogen-bond acceptors (Lipinski definition) is 1. The van der Waals surface area contributed by atoms with Gasteiger partial charge in [-0.2, -0.15) is 5.26 Å². The number of nitriles is 1. The first-order chi connectivity index (χ1) is 5.29. The van der Waals surface area contributed by atoms with E-state index in [0.29, 0.717) is 0 Å². The summed E-state index contributed by atoms with van der Waals surface area (Å²) in [7, 11) is -2.86. The summed E-state index contributed by atoms with van der Waals surface area (Å²) in [5.41, 5.74) is 0. The zero-order valence-corrected chi connectivity index (χ0v) is 11.1. The molecule has 0 spiro atoms. The quantitative estimate of drug-likeness (QED) is 0.338. The van der Waals surface area contributed by atoms with E-state index in [0.717, 1.165) is 4.43 Å². The maximum atomic E-state index is 13.8. The van der Waals surface area contributed by atoms with Crippen LogP contribution in [0.25, 0.3) is 0 Å². The van der Waals surface area contributed by atoms with E-state index >= 15 is 0 Å². The Morgan fingerprint density at radius 2 is 2.08 bits per heavy atom. The van der Waals surface area contributed by atoms with Crippen molar-refractivity contribution in [3.05, 3.63) is 0 Å². The number of halogens is 2. The molecule has 0 heterocycles. The number of rotatable bonds is 3. The molecule has 0 fully saturated rings. The highest BCUT2D eigenvalue weighted by atomic mass is 127. The molecule has 0 aliphatic heterocycles. The van der Waals surface area contributed by atoms with Crippen LogP contribution in [0.1, 0.15) is 13.8 Å². The molecule has 0 aromatic rings. The predicted molar refractivity (Wildman–Crippen MR) is 60.6 cm³/mol. The zero-order chi connectivity index (χ0) is 9.99. The summed E-state index contributed by atoms with van der Waals surface area (Å²) in [4.78, 5) is 0. The molecule has 0 saturated carbocycles. The largest absolute Gasteiger partial charge is 0.313 e. The Labute approximate surface area is 88.7 Å². The third-order valence-electron chi connectivity index (χ3n) is 2.68. The van der Waals surface area contributed by atoms with E-state index < -0.39 is 13.4 Å². The summed E-state index contributed by atoms with van der Waals surface area (Å²) in [6.07, 6.45) is 0. The van der Waals surface area contributed by atoms with Crippen molar-refractivity contribution in [2.45, 2.75) is 32.0 Å². The van der Waals surface area contributed by atoms with Crippen LogP contribution in [0.4, 0.5) is 4.11 Å². The molecule has 0 aromatic heterocycles. The standard InChI is InChI=1S/C8H15FINSi/c1-7(5-10)8(2,6-11)12(3,4)9/h7H,5H2,1-4H3. The lowest BCUT2D eigenvalue weighted by atomic mass is 9.98. The highest BCUT2D eigenvalue weighted by molar-refractivity contribution is 14.1. The van der Waals surface area contributed by atoms with Crippen molar-refractivity contribution < 1.29 is 4.11 Å². The van der Waals surface area contributed by atoms with E-state index in [2.05, 4.69) is 28.7 Å². The first-order valence-electron chi connectivity index (χ1n) is 3.95. The molecule has 1 nitrogen and oxygen atoms in total. The van der Waals surface area contributed by atoms with Crippen molar-refractivity contribution >= 4 is 31.0 Å². The average Bonchev–Trinajstić information content (AvgIpc) is 1.99. The van der Waals surface area contributed by atoms with Crippen LogP contribution in [0.3, 0.4) is 0 Å². The molecular weight excluding hydrogens is 284 g/mol. The van der Waals surface area contributed by atoms with Crippen LogP contribution < -0.4 is 0 Å². The molecule has 4 heteroatoms. The fourth-order valence-corrected chi connectivity index (χ4v) is 3.82. The molecule has 0 aliphatic rings. The Morgan fingerprint density at radius 1 is 1.67 bits per heavy atom.